The third-order valence-electron chi connectivity index (χ3n) is 6.88. The summed E-state index contributed by atoms with van der Waals surface area (Å²) in [5.41, 5.74) is 0. The van der Waals surface area contributed by atoms with Crippen molar-refractivity contribution in [3.8, 4) is 0 Å². The zero-order valence-corrected chi connectivity index (χ0v) is 33.1. The lowest BCUT2D eigenvalue weighted by atomic mass is 10.2. The normalized spacial score (nSPS) is 11.6. The number of hydrogen-bond donors (Lipinski definition) is 2. The molecular formula is C38H64N2O16. The Labute approximate surface area is 330 Å². The molecule has 0 fully saturated rings. The third-order valence-corrected chi connectivity index (χ3v) is 6.88. The number of methoxy groups -OCH3 is 2. The number of unbranched alkanes of at least 4 members (excludes halogenated alkanes) is 4. The smallest absolute Gasteiger partial charge is 0.332 e. The van der Waals surface area contributed by atoms with Gasteiger partial charge in [-0.1, -0.05) is 0 Å². The third kappa shape index (κ3) is 37.1. The second-order valence-corrected chi connectivity index (χ2v) is 11.4. The van der Waals surface area contributed by atoms with Gasteiger partial charge in [0.1, 0.15) is 26.4 Å². The van der Waals surface area contributed by atoms with E-state index in [1.807, 2.05) is 0 Å². The molecule has 0 spiro atoms. The lowest BCUT2D eigenvalue weighted by Crippen LogP contribution is -2.16. The Morgan fingerprint density at radius 2 is 0.661 bits per heavy atom. The maximum Gasteiger partial charge on any atom is 0.332 e. The van der Waals surface area contributed by atoms with Gasteiger partial charge < -0.3 is 67.4 Å². The van der Waals surface area contributed by atoms with Gasteiger partial charge in [-0.3, -0.25) is 0 Å². The van der Waals surface area contributed by atoms with Gasteiger partial charge in [-0.25, -0.2) is 19.2 Å². The second kappa shape index (κ2) is 40.8. The minimum absolute atomic E-state index is 0.0363. The van der Waals surface area contributed by atoms with Gasteiger partial charge in [0.05, 0.1) is 66.1 Å². The first-order valence-corrected chi connectivity index (χ1v) is 18.8. The molecule has 322 valence electrons. The number of carbonyl (C=O) groups excluding carboxylic acids is 4. The summed E-state index contributed by atoms with van der Waals surface area (Å²) in [4.78, 5) is 51.4. The van der Waals surface area contributed by atoms with Gasteiger partial charge in [-0.15, -0.1) is 0 Å². The van der Waals surface area contributed by atoms with Crippen LogP contribution in [0.3, 0.4) is 0 Å². The molecular weight excluding hydrogens is 740 g/mol. The van der Waals surface area contributed by atoms with Crippen LogP contribution in [-0.4, -0.2) is 177 Å². The van der Waals surface area contributed by atoms with Gasteiger partial charge in [-0.2, -0.15) is 0 Å². The lowest BCUT2D eigenvalue weighted by molar-refractivity contribution is -0.140. The van der Waals surface area contributed by atoms with Crippen LogP contribution in [0, 0.1) is 0 Å². The maximum absolute atomic E-state index is 12.2. The predicted molar refractivity (Wildman–Crippen MR) is 203 cm³/mol. The highest BCUT2D eigenvalue weighted by atomic mass is 16.6. The lowest BCUT2D eigenvalue weighted by Gasteiger charge is -2.15. The molecule has 2 N–H and O–H groups in total. The van der Waals surface area contributed by atoms with E-state index in [0.717, 1.165) is 25.7 Å². The molecule has 0 saturated carbocycles. The number of aliphatic hydroxyl groups is 2. The van der Waals surface area contributed by atoms with E-state index in [9.17, 15) is 19.2 Å². The van der Waals surface area contributed by atoms with Gasteiger partial charge >= 0.3 is 23.9 Å². The van der Waals surface area contributed by atoms with Gasteiger partial charge in [-0.05, 0) is 38.5 Å². The van der Waals surface area contributed by atoms with E-state index in [1.54, 1.807) is 16.9 Å². The van der Waals surface area contributed by atoms with E-state index >= 15 is 0 Å². The van der Waals surface area contributed by atoms with Crippen molar-refractivity contribution in [2.24, 2.45) is 0 Å². The van der Waals surface area contributed by atoms with Crippen LogP contribution in [0.2, 0.25) is 0 Å². The molecule has 0 unspecified atom stereocenters. The molecule has 0 aromatic heterocycles. The van der Waals surface area contributed by atoms with Crippen molar-refractivity contribution in [2.75, 3.05) is 133 Å². The molecule has 0 heterocycles. The monoisotopic (exact) mass is 804 g/mol. The van der Waals surface area contributed by atoms with Crippen LogP contribution in [0.1, 0.15) is 38.5 Å². The topological polar surface area (TPSA) is 208 Å². The van der Waals surface area contributed by atoms with Crippen molar-refractivity contribution < 1.29 is 76.8 Å². The average molecular weight is 805 g/mol. The van der Waals surface area contributed by atoms with E-state index in [4.69, 9.17) is 57.6 Å². The highest BCUT2D eigenvalue weighted by molar-refractivity contribution is 5.83. The molecule has 0 aliphatic carbocycles. The quantitative estimate of drug-likeness (QED) is 0.0391. The summed E-state index contributed by atoms with van der Waals surface area (Å²) in [6.07, 6.45) is 15.4. The van der Waals surface area contributed by atoms with E-state index in [1.165, 1.54) is 56.2 Å². The Bertz CT molecular complexity index is 1100. The van der Waals surface area contributed by atoms with Crippen LogP contribution in [0.4, 0.5) is 0 Å². The van der Waals surface area contributed by atoms with Crippen LogP contribution in [0.15, 0.2) is 49.1 Å². The summed E-state index contributed by atoms with van der Waals surface area (Å²) in [6.45, 7) is 4.44. The molecule has 18 nitrogen and oxygen atoms in total. The highest BCUT2D eigenvalue weighted by Gasteiger charge is 2.05. The van der Waals surface area contributed by atoms with Crippen molar-refractivity contribution in [3.63, 3.8) is 0 Å². The highest BCUT2D eigenvalue weighted by Crippen LogP contribution is 2.03. The summed E-state index contributed by atoms with van der Waals surface area (Å²) in [7, 11) is 3.07. The standard InChI is InChI=1S/C38H64N2O16/c1-47-21-23-49-28-32-54-36(44)10-17-40(14-6-4-8-20-42)18-12-38(46)56-34-30-52-27-25-50-24-26-51-29-33-55-37(45)11-16-39(13-5-3-7-19-41)15-9-35(43)53-31-22-48-2/h9-12,15-18,41-42H,3-8,13-14,19-34H2,1-2H3/b15-9+,16-11+,17-10+,18-12+. The van der Waals surface area contributed by atoms with Crippen LogP contribution < -0.4 is 0 Å². The Morgan fingerprint density at radius 1 is 0.393 bits per heavy atom. The Morgan fingerprint density at radius 3 is 0.964 bits per heavy atom. The average Bonchev–Trinajstić information content (AvgIpc) is 3.19. The SMILES string of the molecule is COCCOCCOC(=O)/C=C/N(/C=C/C(=O)OCCOCCOCCOCCOC(=O)/C=C/N(/C=C/C(=O)OCCOC)CCCCCO)CCCCCO. The zero-order chi connectivity index (χ0) is 41.2. The predicted octanol–water partition coefficient (Wildman–Crippen LogP) is 1.50. The molecule has 0 aliphatic rings. The summed E-state index contributed by atoms with van der Waals surface area (Å²) in [5.74, 6) is -2.24. The number of hydrogen-bond acceptors (Lipinski definition) is 18. The summed E-state index contributed by atoms with van der Waals surface area (Å²) < 4.78 is 51.6. The number of carbonyl (C=O) groups is 4. The largest absolute Gasteiger partial charge is 0.460 e. The van der Waals surface area contributed by atoms with E-state index in [2.05, 4.69) is 0 Å². The fraction of sp³-hybridized carbons (Fsp3) is 0.684. The molecule has 0 atom stereocenters. The summed E-state index contributed by atoms with van der Waals surface area (Å²) >= 11 is 0. The molecule has 0 radical (unpaired) electrons. The Kier molecular flexibility index (Phi) is 37.9. The summed E-state index contributed by atoms with van der Waals surface area (Å²) in [6, 6.07) is 0. The van der Waals surface area contributed by atoms with Gasteiger partial charge in [0, 0.05) is 89.6 Å². The minimum atomic E-state index is -0.578. The van der Waals surface area contributed by atoms with Crippen LogP contribution in [0.25, 0.3) is 0 Å². The first-order chi connectivity index (χ1) is 27.4. The van der Waals surface area contributed by atoms with E-state index in [-0.39, 0.29) is 79.3 Å². The number of rotatable bonds is 39. The molecule has 0 rings (SSSR count). The van der Waals surface area contributed by atoms with Gasteiger partial charge in [0.15, 0.2) is 0 Å². The number of nitrogens with zero attached hydrogens (tertiary/aromatic N) is 2. The molecule has 0 saturated heterocycles. The molecule has 0 amide bonds. The van der Waals surface area contributed by atoms with Crippen molar-refractivity contribution in [2.45, 2.75) is 38.5 Å². The molecule has 18 heteroatoms. The number of ether oxygens (including phenoxy) is 10. The fourth-order valence-electron chi connectivity index (χ4n) is 4.00. The molecule has 0 aliphatic heterocycles. The first-order valence-electron chi connectivity index (χ1n) is 18.8. The van der Waals surface area contributed by atoms with E-state index < -0.39 is 23.9 Å². The van der Waals surface area contributed by atoms with Crippen molar-refractivity contribution in [3.05, 3.63) is 49.1 Å². The number of esters is 4. The summed E-state index contributed by atoms with van der Waals surface area (Å²) in [5, 5.41) is 18.0. The molecule has 0 aromatic carbocycles. The zero-order valence-electron chi connectivity index (χ0n) is 33.1. The Hall–Kier alpha value is -3.88. The fourth-order valence-corrected chi connectivity index (χ4v) is 4.00. The second-order valence-electron chi connectivity index (χ2n) is 11.4. The Balaban J connectivity index is 4.19. The van der Waals surface area contributed by atoms with E-state index in [0.29, 0.717) is 52.4 Å². The maximum atomic E-state index is 12.2. The first kappa shape index (κ1) is 52.1. The van der Waals surface area contributed by atoms with Gasteiger partial charge in [0.2, 0.25) is 0 Å². The van der Waals surface area contributed by atoms with Crippen molar-refractivity contribution in [1.29, 1.82) is 0 Å². The molecule has 0 aromatic rings. The molecule has 0 bridgehead atoms. The van der Waals surface area contributed by atoms with Crippen LogP contribution >= 0.6 is 0 Å². The van der Waals surface area contributed by atoms with Crippen molar-refractivity contribution in [1.82, 2.24) is 9.80 Å². The number of aliphatic hydroxyl groups excluding tert-OH is 2. The minimum Gasteiger partial charge on any atom is -0.460 e. The van der Waals surface area contributed by atoms with Gasteiger partial charge in [0.25, 0.3) is 0 Å². The van der Waals surface area contributed by atoms with Crippen LogP contribution in [-0.2, 0) is 66.5 Å². The van der Waals surface area contributed by atoms with Crippen LogP contribution in [0.5, 0.6) is 0 Å². The molecule has 56 heavy (non-hydrogen) atoms. The van der Waals surface area contributed by atoms with Crippen molar-refractivity contribution >= 4 is 23.9 Å².